The molecular formula is C21H20N4O4. The summed E-state index contributed by atoms with van der Waals surface area (Å²) < 4.78 is 10.4. The first-order valence-electron chi connectivity index (χ1n) is 8.77. The zero-order chi connectivity index (χ0) is 20.6. The van der Waals surface area contributed by atoms with Gasteiger partial charge in [-0.25, -0.2) is 0 Å². The van der Waals surface area contributed by atoms with Crippen molar-refractivity contribution in [1.29, 1.82) is 0 Å². The van der Waals surface area contributed by atoms with Gasteiger partial charge in [-0.1, -0.05) is 6.07 Å². The standard InChI is InChI=1S/C21H20N4O4/c1-28-16-5-6-17(19(11-16)29-2)25-21(27)18-10-15(7-9-23-18)20(26)24-13-14-4-3-8-22-12-14/h3-12H,13H2,1-2H3,(H,24,26)(H,25,27). The predicted molar refractivity (Wildman–Crippen MR) is 107 cm³/mol. The normalized spacial score (nSPS) is 10.1. The fourth-order valence-electron chi connectivity index (χ4n) is 2.57. The minimum atomic E-state index is -0.463. The Morgan fingerprint density at radius 3 is 2.59 bits per heavy atom. The van der Waals surface area contributed by atoms with Crippen LogP contribution in [0.3, 0.4) is 0 Å². The van der Waals surface area contributed by atoms with Gasteiger partial charge < -0.3 is 20.1 Å². The molecule has 1 aromatic carbocycles. The Hall–Kier alpha value is -3.94. The summed E-state index contributed by atoms with van der Waals surface area (Å²) in [6, 6.07) is 11.7. The number of hydrogen-bond donors (Lipinski definition) is 2. The van der Waals surface area contributed by atoms with Crippen LogP contribution in [0.2, 0.25) is 0 Å². The molecule has 3 rings (SSSR count). The molecule has 0 bridgehead atoms. The minimum Gasteiger partial charge on any atom is -0.497 e. The van der Waals surface area contributed by atoms with E-state index in [0.29, 0.717) is 29.3 Å². The molecular weight excluding hydrogens is 372 g/mol. The molecule has 0 aliphatic carbocycles. The van der Waals surface area contributed by atoms with Crippen molar-refractivity contribution in [3.63, 3.8) is 0 Å². The van der Waals surface area contributed by atoms with Crippen LogP contribution in [0, 0.1) is 0 Å². The highest BCUT2D eigenvalue weighted by atomic mass is 16.5. The summed E-state index contributed by atoms with van der Waals surface area (Å²) >= 11 is 0. The molecule has 2 amide bonds. The number of carbonyl (C=O) groups is 2. The van der Waals surface area contributed by atoms with Gasteiger partial charge in [0.15, 0.2) is 0 Å². The number of pyridine rings is 2. The van der Waals surface area contributed by atoms with Gasteiger partial charge in [0.2, 0.25) is 0 Å². The van der Waals surface area contributed by atoms with Crippen molar-refractivity contribution in [2.24, 2.45) is 0 Å². The van der Waals surface area contributed by atoms with Gasteiger partial charge in [-0.3, -0.25) is 19.6 Å². The molecule has 0 fully saturated rings. The Balaban J connectivity index is 1.70. The Morgan fingerprint density at radius 1 is 1.00 bits per heavy atom. The van der Waals surface area contributed by atoms with Crippen molar-refractivity contribution in [3.05, 3.63) is 77.9 Å². The van der Waals surface area contributed by atoms with Crippen LogP contribution in [0.1, 0.15) is 26.4 Å². The number of nitrogens with one attached hydrogen (secondary N) is 2. The average Bonchev–Trinajstić information content (AvgIpc) is 2.78. The zero-order valence-electron chi connectivity index (χ0n) is 16.0. The number of hydrogen-bond acceptors (Lipinski definition) is 6. The molecule has 0 saturated heterocycles. The quantitative estimate of drug-likeness (QED) is 0.641. The molecule has 2 heterocycles. The molecule has 148 valence electrons. The van der Waals surface area contributed by atoms with Gasteiger partial charge in [0, 0.05) is 36.8 Å². The molecule has 8 nitrogen and oxygen atoms in total. The smallest absolute Gasteiger partial charge is 0.274 e. The molecule has 0 unspecified atom stereocenters. The Kier molecular flexibility index (Phi) is 6.36. The zero-order valence-corrected chi connectivity index (χ0v) is 16.0. The van der Waals surface area contributed by atoms with Crippen molar-refractivity contribution in [3.8, 4) is 11.5 Å². The molecule has 0 radical (unpaired) electrons. The van der Waals surface area contributed by atoms with Crippen molar-refractivity contribution < 1.29 is 19.1 Å². The average molecular weight is 392 g/mol. The first-order chi connectivity index (χ1) is 14.1. The van der Waals surface area contributed by atoms with Crippen molar-refractivity contribution in [2.45, 2.75) is 6.54 Å². The summed E-state index contributed by atoms with van der Waals surface area (Å²) in [6.07, 6.45) is 4.75. The highest BCUT2D eigenvalue weighted by Crippen LogP contribution is 2.29. The molecule has 0 aliphatic rings. The van der Waals surface area contributed by atoms with Crippen molar-refractivity contribution in [2.75, 3.05) is 19.5 Å². The van der Waals surface area contributed by atoms with Gasteiger partial charge in [-0.15, -0.1) is 0 Å². The Bertz CT molecular complexity index is 1010. The largest absolute Gasteiger partial charge is 0.497 e. The SMILES string of the molecule is COc1ccc(NC(=O)c2cc(C(=O)NCc3cccnc3)ccn2)c(OC)c1. The lowest BCUT2D eigenvalue weighted by Gasteiger charge is -2.12. The lowest BCUT2D eigenvalue weighted by Crippen LogP contribution is -2.23. The second-order valence-electron chi connectivity index (χ2n) is 5.99. The molecule has 0 spiro atoms. The maximum atomic E-state index is 12.6. The molecule has 2 aromatic heterocycles. The van der Waals surface area contributed by atoms with Crippen LogP contribution in [0.5, 0.6) is 11.5 Å². The fourth-order valence-corrected chi connectivity index (χ4v) is 2.57. The monoisotopic (exact) mass is 392 g/mol. The molecule has 2 N–H and O–H groups in total. The van der Waals surface area contributed by atoms with E-state index in [-0.39, 0.29) is 11.6 Å². The number of methoxy groups -OCH3 is 2. The number of amides is 2. The first kappa shape index (κ1) is 19.8. The van der Waals surface area contributed by atoms with Crippen LogP contribution in [0.4, 0.5) is 5.69 Å². The molecule has 0 aliphatic heterocycles. The van der Waals surface area contributed by atoms with Crippen LogP contribution in [0.25, 0.3) is 0 Å². The van der Waals surface area contributed by atoms with Crippen LogP contribution < -0.4 is 20.1 Å². The van der Waals surface area contributed by atoms with Crippen molar-refractivity contribution in [1.82, 2.24) is 15.3 Å². The number of rotatable bonds is 7. The minimum absolute atomic E-state index is 0.108. The van der Waals surface area contributed by atoms with Gasteiger partial charge in [0.25, 0.3) is 11.8 Å². The predicted octanol–water partition coefficient (Wildman–Crippen LogP) is 2.68. The van der Waals surface area contributed by atoms with Crippen LogP contribution in [-0.2, 0) is 6.54 Å². The van der Waals surface area contributed by atoms with Gasteiger partial charge >= 0.3 is 0 Å². The summed E-state index contributed by atoms with van der Waals surface area (Å²) in [5.41, 5.74) is 1.78. The number of benzene rings is 1. The molecule has 0 atom stereocenters. The van der Waals surface area contributed by atoms with Crippen molar-refractivity contribution >= 4 is 17.5 Å². The number of carbonyl (C=O) groups excluding carboxylic acids is 2. The van der Waals surface area contributed by atoms with Gasteiger partial charge in [0.1, 0.15) is 17.2 Å². The second-order valence-corrected chi connectivity index (χ2v) is 5.99. The fraction of sp³-hybridized carbons (Fsp3) is 0.143. The van der Waals surface area contributed by atoms with E-state index in [1.54, 1.807) is 49.8 Å². The summed E-state index contributed by atoms with van der Waals surface area (Å²) in [7, 11) is 3.04. The Morgan fingerprint density at radius 2 is 1.86 bits per heavy atom. The molecule has 3 aromatic rings. The van der Waals surface area contributed by atoms with E-state index in [1.807, 2.05) is 6.07 Å². The van der Waals surface area contributed by atoms with E-state index in [1.165, 1.54) is 19.4 Å². The van der Waals surface area contributed by atoms with Gasteiger partial charge in [0.05, 0.1) is 19.9 Å². The van der Waals surface area contributed by atoms with E-state index in [4.69, 9.17) is 9.47 Å². The lowest BCUT2D eigenvalue weighted by atomic mass is 10.2. The van der Waals surface area contributed by atoms with E-state index in [0.717, 1.165) is 5.56 Å². The van der Waals surface area contributed by atoms with Crippen LogP contribution in [-0.4, -0.2) is 36.0 Å². The van der Waals surface area contributed by atoms with Crippen LogP contribution >= 0.6 is 0 Å². The maximum absolute atomic E-state index is 12.6. The van der Waals surface area contributed by atoms with E-state index in [2.05, 4.69) is 20.6 Å². The lowest BCUT2D eigenvalue weighted by molar-refractivity contribution is 0.0950. The maximum Gasteiger partial charge on any atom is 0.274 e. The summed E-state index contributed by atoms with van der Waals surface area (Å²) in [6.45, 7) is 0.333. The summed E-state index contributed by atoms with van der Waals surface area (Å²) in [5.74, 6) is 0.274. The number of ether oxygens (including phenoxy) is 2. The van der Waals surface area contributed by atoms with E-state index >= 15 is 0 Å². The molecule has 29 heavy (non-hydrogen) atoms. The van der Waals surface area contributed by atoms with Gasteiger partial charge in [-0.05, 0) is 35.9 Å². The Labute approximate surface area is 167 Å². The third-order valence-corrected chi connectivity index (χ3v) is 4.09. The number of anilines is 1. The first-order valence-corrected chi connectivity index (χ1v) is 8.77. The highest BCUT2D eigenvalue weighted by molar-refractivity contribution is 6.05. The second kappa shape index (κ2) is 9.32. The summed E-state index contributed by atoms with van der Waals surface area (Å²) in [5, 5.41) is 5.52. The third-order valence-electron chi connectivity index (χ3n) is 4.09. The molecule has 8 heteroatoms. The van der Waals surface area contributed by atoms with Gasteiger partial charge in [-0.2, -0.15) is 0 Å². The topological polar surface area (TPSA) is 102 Å². The highest BCUT2D eigenvalue weighted by Gasteiger charge is 2.14. The number of nitrogens with zero attached hydrogens (tertiary/aromatic N) is 2. The molecule has 0 saturated carbocycles. The third kappa shape index (κ3) is 5.07. The van der Waals surface area contributed by atoms with Crippen LogP contribution in [0.15, 0.2) is 61.1 Å². The number of aromatic nitrogens is 2. The summed E-state index contributed by atoms with van der Waals surface area (Å²) in [4.78, 5) is 33.1. The van der Waals surface area contributed by atoms with E-state index in [9.17, 15) is 9.59 Å². The van der Waals surface area contributed by atoms with E-state index < -0.39 is 5.91 Å².